The summed E-state index contributed by atoms with van der Waals surface area (Å²) >= 11 is 9.84. The van der Waals surface area contributed by atoms with Gasteiger partial charge in [-0.2, -0.15) is 0 Å². The van der Waals surface area contributed by atoms with Crippen LogP contribution in [0.3, 0.4) is 0 Å². The zero-order chi connectivity index (χ0) is 29.7. The van der Waals surface area contributed by atoms with E-state index in [0.29, 0.717) is 55.3 Å². The van der Waals surface area contributed by atoms with E-state index in [0.717, 1.165) is 21.2 Å². The van der Waals surface area contributed by atoms with E-state index >= 15 is 0 Å². The van der Waals surface area contributed by atoms with Crippen LogP contribution >= 0.6 is 27.5 Å². The molecule has 9 nitrogen and oxygen atoms in total. The number of benzene rings is 2. The van der Waals surface area contributed by atoms with Crippen molar-refractivity contribution in [3.8, 4) is 0 Å². The van der Waals surface area contributed by atoms with E-state index in [9.17, 15) is 18.0 Å². The van der Waals surface area contributed by atoms with Crippen LogP contribution in [0, 0.1) is 0 Å². The molecule has 0 saturated carbocycles. The molecule has 220 valence electrons. The molecule has 3 aromatic rings. The van der Waals surface area contributed by atoms with Crippen molar-refractivity contribution < 1.29 is 22.7 Å². The van der Waals surface area contributed by atoms with E-state index in [1.54, 1.807) is 21.9 Å². The third kappa shape index (κ3) is 6.12. The molecule has 1 aromatic heterocycles. The molecule has 1 saturated heterocycles. The van der Waals surface area contributed by atoms with Gasteiger partial charge in [0.05, 0.1) is 28.7 Å². The van der Waals surface area contributed by atoms with Crippen molar-refractivity contribution >= 4 is 66.1 Å². The number of aromatic nitrogens is 2. The number of nitrogens with zero attached hydrogens (tertiary/aromatic N) is 4. The minimum absolute atomic E-state index is 0.0257. The molecule has 5 rings (SSSR count). The Labute approximate surface area is 253 Å². The van der Waals surface area contributed by atoms with Crippen LogP contribution in [-0.2, 0) is 37.9 Å². The lowest BCUT2D eigenvalue weighted by Crippen LogP contribution is -2.51. The second-order valence-electron chi connectivity index (χ2n) is 11.9. The zero-order valence-electron chi connectivity index (χ0n) is 23.6. The predicted octanol–water partition coefficient (Wildman–Crippen LogP) is 5.70. The maximum atomic E-state index is 14.3. The predicted molar refractivity (Wildman–Crippen MR) is 163 cm³/mol. The molecule has 1 spiro atoms. The van der Waals surface area contributed by atoms with Crippen LogP contribution < -0.4 is 4.90 Å². The van der Waals surface area contributed by atoms with E-state index in [-0.39, 0.29) is 24.3 Å². The van der Waals surface area contributed by atoms with Gasteiger partial charge in [-0.15, -0.1) is 0 Å². The van der Waals surface area contributed by atoms with Crippen molar-refractivity contribution in [2.24, 2.45) is 0 Å². The van der Waals surface area contributed by atoms with E-state index in [4.69, 9.17) is 21.3 Å². The van der Waals surface area contributed by atoms with Crippen LogP contribution in [0.15, 0.2) is 40.9 Å². The van der Waals surface area contributed by atoms with Crippen molar-refractivity contribution in [1.82, 2.24) is 14.5 Å². The van der Waals surface area contributed by atoms with E-state index in [2.05, 4.69) is 15.9 Å². The van der Waals surface area contributed by atoms with E-state index < -0.39 is 20.9 Å². The van der Waals surface area contributed by atoms with Crippen molar-refractivity contribution in [2.75, 3.05) is 30.0 Å². The van der Waals surface area contributed by atoms with Gasteiger partial charge in [-0.25, -0.2) is 18.2 Å². The minimum atomic E-state index is -3.13. The number of hydrogen-bond donors (Lipinski definition) is 0. The van der Waals surface area contributed by atoms with Gasteiger partial charge < -0.3 is 19.1 Å². The second-order valence-corrected chi connectivity index (χ2v) is 15.5. The second kappa shape index (κ2) is 10.9. The first kappa shape index (κ1) is 29.8. The van der Waals surface area contributed by atoms with Gasteiger partial charge in [-0.1, -0.05) is 27.5 Å². The molecule has 0 atom stereocenters. The summed E-state index contributed by atoms with van der Waals surface area (Å²) in [4.78, 5) is 35.4. The molecule has 0 radical (unpaired) electrons. The number of anilines is 1. The molecule has 2 aliphatic heterocycles. The molecule has 0 unspecified atom stereocenters. The zero-order valence-corrected chi connectivity index (χ0v) is 26.8. The number of aryl methyl sites for hydroxylation is 1. The van der Waals surface area contributed by atoms with E-state index in [1.807, 2.05) is 49.6 Å². The fourth-order valence-electron chi connectivity index (χ4n) is 5.80. The van der Waals surface area contributed by atoms with Crippen LogP contribution in [0.25, 0.3) is 11.0 Å². The Morgan fingerprint density at radius 3 is 2.51 bits per heavy atom. The molecule has 2 aromatic carbocycles. The lowest BCUT2D eigenvalue weighted by molar-refractivity contribution is -0.125. The number of imidazole rings is 1. The molecule has 0 bridgehead atoms. The van der Waals surface area contributed by atoms with E-state index in [1.165, 1.54) is 6.26 Å². The Morgan fingerprint density at radius 1 is 1.15 bits per heavy atom. The Morgan fingerprint density at radius 2 is 1.85 bits per heavy atom. The summed E-state index contributed by atoms with van der Waals surface area (Å²) in [5, 5.41) is 0.549. The molecular weight excluding hydrogens is 632 g/mol. The molecule has 12 heteroatoms. The van der Waals surface area contributed by atoms with Crippen LogP contribution in [0.1, 0.15) is 51.4 Å². The number of halogens is 2. The van der Waals surface area contributed by atoms with Gasteiger partial charge in [0.2, 0.25) is 5.91 Å². The summed E-state index contributed by atoms with van der Waals surface area (Å²) in [5.74, 6) is 0.680. The lowest BCUT2D eigenvalue weighted by atomic mass is 9.73. The number of carbonyl (C=O) groups is 2. The lowest BCUT2D eigenvalue weighted by Gasteiger charge is -2.39. The van der Waals surface area contributed by atoms with Gasteiger partial charge in [0.15, 0.2) is 0 Å². The third-order valence-electron chi connectivity index (χ3n) is 7.67. The smallest absolute Gasteiger partial charge is 0.410 e. The summed E-state index contributed by atoms with van der Waals surface area (Å²) in [6.45, 7) is 6.98. The molecule has 2 aliphatic rings. The number of carbonyl (C=O) groups excluding carboxylic acids is 2. The minimum Gasteiger partial charge on any atom is -0.444 e. The Hall–Kier alpha value is -2.63. The highest BCUT2D eigenvalue weighted by molar-refractivity contribution is 9.10. The topological polar surface area (TPSA) is 102 Å². The van der Waals surface area contributed by atoms with Crippen molar-refractivity contribution in [2.45, 2.75) is 64.1 Å². The first-order valence-electron chi connectivity index (χ1n) is 13.6. The maximum absolute atomic E-state index is 14.3. The number of rotatable bonds is 6. The summed E-state index contributed by atoms with van der Waals surface area (Å²) in [6, 6.07) is 11.3. The Balaban J connectivity index is 1.46. The van der Waals surface area contributed by atoms with Gasteiger partial charge >= 0.3 is 6.09 Å². The summed E-state index contributed by atoms with van der Waals surface area (Å²) in [5.41, 5.74) is 1.91. The number of piperidine rings is 1. The Kier molecular flexibility index (Phi) is 7.93. The number of sulfone groups is 1. The SMILES string of the molecule is CC(C)(C)OC(=O)N1CCC2(CC1)C(=O)N(Cc1nc3cc(Cl)ccc3n1CCCS(C)(=O)=O)c1ccc(Br)cc12. The highest BCUT2D eigenvalue weighted by atomic mass is 79.9. The van der Waals surface area contributed by atoms with Crippen LogP contribution in [0.5, 0.6) is 0 Å². The molecule has 2 amide bonds. The van der Waals surface area contributed by atoms with Crippen LogP contribution in [0.4, 0.5) is 10.5 Å². The number of likely N-dealkylation sites (tertiary alicyclic amines) is 1. The highest BCUT2D eigenvalue weighted by Gasteiger charge is 2.53. The van der Waals surface area contributed by atoms with Crippen molar-refractivity contribution in [1.29, 1.82) is 0 Å². The van der Waals surface area contributed by atoms with Crippen LogP contribution in [0.2, 0.25) is 5.02 Å². The summed E-state index contributed by atoms with van der Waals surface area (Å²) in [6.07, 6.45) is 2.23. The highest BCUT2D eigenvalue weighted by Crippen LogP contribution is 2.49. The van der Waals surface area contributed by atoms with Gasteiger partial charge in [-0.3, -0.25) is 4.79 Å². The third-order valence-corrected chi connectivity index (χ3v) is 9.43. The van der Waals surface area contributed by atoms with Gasteiger partial charge in [0, 0.05) is 41.1 Å². The fraction of sp³-hybridized carbons (Fsp3) is 0.483. The number of ether oxygens (including phenoxy) is 1. The fourth-order valence-corrected chi connectivity index (χ4v) is 6.98. The van der Waals surface area contributed by atoms with Gasteiger partial charge in [0.1, 0.15) is 21.3 Å². The molecule has 41 heavy (non-hydrogen) atoms. The first-order chi connectivity index (χ1) is 19.2. The van der Waals surface area contributed by atoms with Gasteiger partial charge in [0.25, 0.3) is 0 Å². The van der Waals surface area contributed by atoms with Crippen molar-refractivity contribution in [3.63, 3.8) is 0 Å². The first-order valence-corrected chi connectivity index (χ1v) is 16.8. The summed E-state index contributed by atoms with van der Waals surface area (Å²) < 4.78 is 32.1. The molecule has 0 aliphatic carbocycles. The quantitative estimate of drug-likeness (QED) is 0.335. The van der Waals surface area contributed by atoms with Crippen LogP contribution in [-0.4, -0.2) is 65.6 Å². The molecule has 1 fully saturated rings. The van der Waals surface area contributed by atoms with Crippen molar-refractivity contribution in [3.05, 3.63) is 57.3 Å². The maximum Gasteiger partial charge on any atom is 0.410 e. The number of fused-ring (bicyclic) bond motifs is 3. The average molecular weight is 666 g/mol. The normalized spacial score (nSPS) is 17.0. The standard InChI is InChI=1S/C29H34BrClN4O5S/c1-28(2,3)40-27(37)33-13-10-29(11-14-33)21-16-19(30)6-8-23(21)35(26(29)36)18-25-32-22-17-20(31)7-9-24(22)34(25)12-5-15-41(4,38)39/h6-9,16-17H,5,10-15,18H2,1-4H3. The van der Waals surface area contributed by atoms with Gasteiger partial charge in [-0.05, 0) is 82.0 Å². The summed E-state index contributed by atoms with van der Waals surface area (Å²) in [7, 11) is -3.13. The monoisotopic (exact) mass is 664 g/mol. The number of amides is 2. The molecule has 0 N–H and O–H groups in total. The Bertz CT molecular complexity index is 1620. The average Bonchev–Trinajstić information content (AvgIpc) is 3.30. The molecular formula is C29H34BrClN4O5S. The molecule has 3 heterocycles. The largest absolute Gasteiger partial charge is 0.444 e. The number of hydrogen-bond acceptors (Lipinski definition) is 6.